The van der Waals surface area contributed by atoms with Crippen molar-refractivity contribution in [2.24, 2.45) is 0 Å². The van der Waals surface area contributed by atoms with Gasteiger partial charge in [-0.3, -0.25) is 14.5 Å². The minimum Gasteiger partial charge on any atom is -0.487 e. The Morgan fingerprint density at radius 2 is 1.71 bits per heavy atom. The molecule has 0 bridgehead atoms. The number of ether oxygens (including phenoxy) is 2. The monoisotopic (exact) mass is 464 g/mol. The van der Waals surface area contributed by atoms with Crippen molar-refractivity contribution in [3.8, 4) is 28.1 Å². The molecule has 3 heterocycles. The molecule has 35 heavy (non-hydrogen) atoms. The molecule has 0 fully saturated rings. The number of aromatic nitrogens is 4. The summed E-state index contributed by atoms with van der Waals surface area (Å²) in [7, 11) is 0. The van der Waals surface area contributed by atoms with Crippen molar-refractivity contribution in [1.29, 1.82) is 0 Å². The molecule has 5 rings (SSSR count). The van der Waals surface area contributed by atoms with Gasteiger partial charge in [-0.2, -0.15) is 5.10 Å². The predicted octanol–water partition coefficient (Wildman–Crippen LogP) is 5.30. The summed E-state index contributed by atoms with van der Waals surface area (Å²) in [5.74, 6) is 0.411. The topological polar surface area (TPSA) is 79.1 Å². The van der Waals surface area contributed by atoms with E-state index in [2.05, 4.69) is 21.1 Å². The third-order valence-electron chi connectivity index (χ3n) is 5.52. The molecule has 0 aliphatic carbocycles. The molecule has 0 saturated carbocycles. The van der Waals surface area contributed by atoms with E-state index in [1.807, 2.05) is 72.9 Å². The number of pyridine rings is 2. The second-order valence-corrected chi connectivity index (χ2v) is 7.94. The van der Waals surface area contributed by atoms with Gasteiger partial charge in [-0.25, -0.2) is 4.98 Å². The van der Waals surface area contributed by atoms with Crippen LogP contribution in [0.25, 0.3) is 33.3 Å². The fourth-order valence-corrected chi connectivity index (χ4v) is 3.85. The van der Waals surface area contributed by atoms with E-state index in [0.717, 1.165) is 44.7 Å². The van der Waals surface area contributed by atoms with E-state index in [4.69, 9.17) is 9.47 Å². The second-order valence-electron chi connectivity index (χ2n) is 7.94. The highest BCUT2D eigenvalue weighted by molar-refractivity contribution is 5.81. The Morgan fingerprint density at radius 1 is 0.914 bits per heavy atom. The maximum atomic E-state index is 12.0. The van der Waals surface area contributed by atoms with Crippen LogP contribution >= 0.6 is 0 Å². The van der Waals surface area contributed by atoms with Crippen molar-refractivity contribution in [3.05, 3.63) is 97.1 Å². The standard InChI is InChI=1S/C28H24N4O3/c1-2-34-27(33)18-32-17-25(20-13-15-29-16-14-20)28(31-32)22-8-11-24(12-9-22)35-19-23-10-7-21-5-3-4-6-26(21)30-23/h3-17H,2,18-19H2,1H3. The molecule has 0 aliphatic rings. The Bertz CT molecular complexity index is 1450. The summed E-state index contributed by atoms with van der Waals surface area (Å²) in [6.07, 6.45) is 5.33. The molecule has 0 saturated heterocycles. The highest BCUT2D eigenvalue weighted by atomic mass is 16.5. The lowest BCUT2D eigenvalue weighted by atomic mass is 10.0. The first-order chi connectivity index (χ1) is 17.2. The highest BCUT2D eigenvalue weighted by Crippen LogP contribution is 2.32. The molecule has 5 aromatic rings. The van der Waals surface area contributed by atoms with Gasteiger partial charge in [0.2, 0.25) is 0 Å². The Balaban J connectivity index is 1.36. The SMILES string of the molecule is CCOC(=O)Cn1cc(-c2ccncc2)c(-c2ccc(OCc3ccc4ccccc4n3)cc2)n1. The van der Waals surface area contributed by atoms with Gasteiger partial charge in [-0.1, -0.05) is 24.3 Å². The van der Waals surface area contributed by atoms with Crippen LogP contribution in [-0.4, -0.2) is 32.3 Å². The van der Waals surface area contributed by atoms with Crippen LogP contribution in [0.5, 0.6) is 5.75 Å². The molecule has 2 aromatic carbocycles. The van der Waals surface area contributed by atoms with Gasteiger partial charge in [0, 0.05) is 35.1 Å². The van der Waals surface area contributed by atoms with Crippen LogP contribution in [-0.2, 0) is 22.7 Å². The second kappa shape index (κ2) is 10.2. The Labute approximate surface area is 203 Å². The van der Waals surface area contributed by atoms with Crippen molar-refractivity contribution in [3.63, 3.8) is 0 Å². The zero-order chi connectivity index (χ0) is 24.0. The fraction of sp³-hybridized carbons (Fsp3) is 0.143. The number of carbonyl (C=O) groups is 1. The molecule has 174 valence electrons. The first kappa shape index (κ1) is 22.3. The van der Waals surface area contributed by atoms with Gasteiger partial charge in [0.05, 0.1) is 17.8 Å². The zero-order valence-electron chi connectivity index (χ0n) is 19.3. The summed E-state index contributed by atoms with van der Waals surface area (Å²) in [5.41, 5.74) is 5.37. The number of carbonyl (C=O) groups excluding carboxylic acids is 1. The van der Waals surface area contributed by atoms with Gasteiger partial charge in [0.25, 0.3) is 0 Å². The number of benzene rings is 2. The smallest absolute Gasteiger partial charge is 0.327 e. The summed E-state index contributed by atoms with van der Waals surface area (Å²) >= 11 is 0. The summed E-state index contributed by atoms with van der Waals surface area (Å²) in [5, 5.41) is 5.78. The Kier molecular flexibility index (Phi) is 6.48. The van der Waals surface area contributed by atoms with Crippen molar-refractivity contribution in [2.45, 2.75) is 20.1 Å². The maximum absolute atomic E-state index is 12.0. The van der Waals surface area contributed by atoms with Gasteiger partial charge in [-0.05, 0) is 61.0 Å². The summed E-state index contributed by atoms with van der Waals surface area (Å²) in [6.45, 7) is 2.54. The third kappa shape index (κ3) is 5.19. The van der Waals surface area contributed by atoms with Crippen molar-refractivity contribution in [2.75, 3.05) is 6.61 Å². The number of hydrogen-bond acceptors (Lipinski definition) is 6. The van der Waals surface area contributed by atoms with E-state index in [1.165, 1.54) is 0 Å². The van der Waals surface area contributed by atoms with Gasteiger partial charge < -0.3 is 9.47 Å². The lowest BCUT2D eigenvalue weighted by molar-refractivity contribution is -0.144. The number of fused-ring (bicyclic) bond motifs is 1. The van der Waals surface area contributed by atoms with Crippen molar-refractivity contribution in [1.82, 2.24) is 19.7 Å². The van der Waals surface area contributed by atoms with E-state index in [-0.39, 0.29) is 12.5 Å². The molecule has 7 nitrogen and oxygen atoms in total. The molecule has 0 atom stereocenters. The number of para-hydroxylation sites is 1. The largest absolute Gasteiger partial charge is 0.487 e. The van der Waals surface area contributed by atoms with E-state index in [0.29, 0.717) is 13.2 Å². The molecule has 0 N–H and O–H groups in total. The highest BCUT2D eigenvalue weighted by Gasteiger charge is 2.15. The van der Waals surface area contributed by atoms with Crippen LogP contribution in [0.15, 0.2) is 91.4 Å². The van der Waals surface area contributed by atoms with E-state index in [9.17, 15) is 4.79 Å². The van der Waals surface area contributed by atoms with Crippen molar-refractivity contribution >= 4 is 16.9 Å². The summed E-state index contributed by atoms with van der Waals surface area (Å²) in [6, 6.07) is 23.6. The maximum Gasteiger partial charge on any atom is 0.327 e. The predicted molar refractivity (Wildman–Crippen MR) is 134 cm³/mol. The van der Waals surface area contributed by atoms with Gasteiger partial charge in [-0.15, -0.1) is 0 Å². The number of rotatable bonds is 8. The van der Waals surface area contributed by atoms with Crippen LogP contribution < -0.4 is 4.74 Å². The van der Waals surface area contributed by atoms with E-state index < -0.39 is 0 Å². The van der Waals surface area contributed by atoms with E-state index >= 15 is 0 Å². The number of hydrogen-bond donors (Lipinski definition) is 0. The molecular formula is C28H24N4O3. The number of nitrogens with zero attached hydrogens (tertiary/aromatic N) is 4. The zero-order valence-corrected chi connectivity index (χ0v) is 19.3. The molecular weight excluding hydrogens is 440 g/mol. The van der Waals surface area contributed by atoms with Crippen LogP contribution in [0, 0.1) is 0 Å². The average Bonchev–Trinajstić information content (AvgIpc) is 3.32. The normalized spacial score (nSPS) is 10.9. The van der Waals surface area contributed by atoms with Crippen LogP contribution in [0.4, 0.5) is 0 Å². The fourth-order valence-electron chi connectivity index (χ4n) is 3.85. The molecule has 7 heteroatoms. The third-order valence-corrected chi connectivity index (χ3v) is 5.52. The van der Waals surface area contributed by atoms with E-state index in [1.54, 1.807) is 24.0 Å². The average molecular weight is 465 g/mol. The molecule has 3 aromatic heterocycles. The van der Waals surface area contributed by atoms with Crippen LogP contribution in [0.1, 0.15) is 12.6 Å². The minimum absolute atomic E-state index is 0.0475. The summed E-state index contributed by atoms with van der Waals surface area (Å²) < 4.78 is 12.7. The molecule has 0 unspecified atom stereocenters. The number of esters is 1. The Hall–Kier alpha value is -4.52. The lowest BCUT2D eigenvalue weighted by Crippen LogP contribution is -2.13. The van der Waals surface area contributed by atoms with Crippen molar-refractivity contribution < 1.29 is 14.3 Å². The molecule has 0 radical (unpaired) electrons. The lowest BCUT2D eigenvalue weighted by Gasteiger charge is -2.08. The molecule has 0 spiro atoms. The minimum atomic E-state index is -0.325. The summed E-state index contributed by atoms with van der Waals surface area (Å²) in [4.78, 5) is 20.8. The first-order valence-electron chi connectivity index (χ1n) is 11.4. The van der Waals surface area contributed by atoms with Gasteiger partial charge >= 0.3 is 5.97 Å². The van der Waals surface area contributed by atoms with Crippen LogP contribution in [0.2, 0.25) is 0 Å². The molecule has 0 aliphatic heterocycles. The van der Waals surface area contributed by atoms with Gasteiger partial charge in [0.15, 0.2) is 0 Å². The Morgan fingerprint density at radius 3 is 2.51 bits per heavy atom. The van der Waals surface area contributed by atoms with Gasteiger partial charge in [0.1, 0.15) is 24.6 Å². The van der Waals surface area contributed by atoms with Crippen LogP contribution in [0.3, 0.4) is 0 Å². The first-order valence-corrected chi connectivity index (χ1v) is 11.4. The quantitative estimate of drug-likeness (QED) is 0.290. The molecule has 0 amide bonds.